The number of carbonyl (C=O) groups excluding carboxylic acids is 1. The summed E-state index contributed by atoms with van der Waals surface area (Å²) in [6, 6.07) is 0. The quantitative estimate of drug-likeness (QED) is 0.679. The number of hydrogen-bond acceptors (Lipinski definition) is 2. The van der Waals surface area contributed by atoms with Gasteiger partial charge >= 0.3 is 0 Å². The van der Waals surface area contributed by atoms with Gasteiger partial charge in [-0.2, -0.15) is 0 Å². The van der Waals surface area contributed by atoms with Crippen molar-refractivity contribution in [2.45, 2.75) is 40.5 Å². The van der Waals surface area contributed by atoms with Gasteiger partial charge in [-0.1, -0.05) is 40.7 Å². The van der Waals surface area contributed by atoms with Crippen molar-refractivity contribution in [3.05, 3.63) is 12.3 Å². The van der Waals surface area contributed by atoms with Crippen LogP contribution in [-0.4, -0.2) is 19.6 Å². The predicted molar refractivity (Wildman–Crippen MR) is 67.0 cm³/mol. The number of amides is 1. The maximum absolute atomic E-state index is 11.8. The van der Waals surface area contributed by atoms with Crippen molar-refractivity contribution in [2.24, 2.45) is 11.3 Å². The maximum atomic E-state index is 11.8. The molecule has 0 unspecified atom stereocenters. The smallest absolute Gasteiger partial charge is 0.223 e. The predicted octanol–water partition coefficient (Wildman–Crippen LogP) is 2.73. The van der Waals surface area contributed by atoms with E-state index in [1.165, 1.54) is 0 Å². The molecule has 16 heavy (non-hydrogen) atoms. The fourth-order valence-corrected chi connectivity index (χ4v) is 1.24. The van der Waals surface area contributed by atoms with Gasteiger partial charge < -0.3 is 10.1 Å². The molecule has 1 atom stereocenters. The summed E-state index contributed by atoms with van der Waals surface area (Å²) in [6.45, 7) is 12.6. The van der Waals surface area contributed by atoms with E-state index >= 15 is 0 Å². The van der Waals surface area contributed by atoms with Crippen LogP contribution in [0.3, 0.4) is 0 Å². The first kappa shape index (κ1) is 15.0. The van der Waals surface area contributed by atoms with Crippen LogP contribution in [0.15, 0.2) is 12.3 Å². The number of nitrogens with one attached hydrogen (secondary N) is 1. The molecule has 0 aliphatic heterocycles. The molecule has 0 bridgehead atoms. The van der Waals surface area contributed by atoms with Gasteiger partial charge in [-0.15, -0.1) is 0 Å². The molecule has 0 rings (SSSR count). The summed E-state index contributed by atoms with van der Waals surface area (Å²) in [5, 5.41) is 2.91. The fraction of sp³-hybridized carbons (Fsp3) is 0.769. The molecule has 0 aromatic carbocycles. The van der Waals surface area contributed by atoms with Crippen LogP contribution in [0.2, 0.25) is 0 Å². The summed E-state index contributed by atoms with van der Waals surface area (Å²) in [5.41, 5.74) is 0.0440. The van der Waals surface area contributed by atoms with Gasteiger partial charge in [0, 0.05) is 18.9 Å². The molecule has 0 spiro atoms. The monoisotopic (exact) mass is 227 g/mol. The normalized spacial score (nSPS) is 13.1. The Hall–Kier alpha value is -0.990. The Morgan fingerprint density at radius 2 is 2.06 bits per heavy atom. The van der Waals surface area contributed by atoms with Gasteiger partial charge in [0.05, 0.1) is 12.9 Å². The molecule has 94 valence electrons. The highest BCUT2D eigenvalue weighted by Gasteiger charge is 2.29. The lowest BCUT2D eigenvalue weighted by molar-refractivity contribution is -0.127. The van der Waals surface area contributed by atoms with Gasteiger partial charge in [-0.05, 0) is 5.41 Å². The maximum Gasteiger partial charge on any atom is 0.223 e. The first-order valence-electron chi connectivity index (χ1n) is 5.84. The second-order valence-electron chi connectivity index (χ2n) is 4.85. The fourth-order valence-electron chi connectivity index (χ4n) is 1.24. The summed E-state index contributed by atoms with van der Waals surface area (Å²) >= 11 is 0. The standard InChI is InChI=1S/C13H25NO2/c1-7-13(4,5)11(3)12(15)14-9-8-10(2)16-6/h11H,2,7-9H2,1,3-6H3,(H,14,15)/t11-/m0/s1. The van der Waals surface area contributed by atoms with Crippen molar-refractivity contribution in [1.29, 1.82) is 0 Å². The molecule has 0 heterocycles. The number of methoxy groups -OCH3 is 1. The molecule has 0 aromatic rings. The van der Waals surface area contributed by atoms with E-state index in [0.717, 1.165) is 6.42 Å². The zero-order chi connectivity index (χ0) is 12.8. The highest BCUT2D eigenvalue weighted by molar-refractivity contribution is 5.79. The highest BCUT2D eigenvalue weighted by atomic mass is 16.5. The zero-order valence-electron chi connectivity index (χ0n) is 11.2. The SMILES string of the molecule is C=C(CCNC(=O)[C@H](C)C(C)(C)CC)OC. The Bertz CT molecular complexity index is 246. The molecule has 1 amide bonds. The van der Waals surface area contributed by atoms with Gasteiger partial charge in [-0.25, -0.2) is 0 Å². The second kappa shape index (κ2) is 6.56. The summed E-state index contributed by atoms with van der Waals surface area (Å²) in [7, 11) is 1.59. The van der Waals surface area contributed by atoms with Crippen LogP contribution in [0.4, 0.5) is 0 Å². The van der Waals surface area contributed by atoms with E-state index in [1.807, 2.05) is 6.92 Å². The average Bonchev–Trinajstić information content (AvgIpc) is 2.27. The summed E-state index contributed by atoms with van der Waals surface area (Å²) < 4.78 is 4.94. The summed E-state index contributed by atoms with van der Waals surface area (Å²) in [4.78, 5) is 11.8. The van der Waals surface area contributed by atoms with E-state index in [0.29, 0.717) is 18.7 Å². The van der Waals surface area contributed by atoms with Crippen molar-refractivity contribution in [1.82, 2.24) is 5.32 Å². The lowest BCUT2D eigenvalue weighted by Gasteiger charge is -2.29. The highest BCUT2D eigenvalue weighted by Crippen LogP contribution is 2.30. The van der Waals surface area contributed by atoms with E-state index in [4.69, 9.17) is 4.74 Å². The molecule has 1 N–H and O–H groups in total. The van der Waals surface area contributed by atoms with Crippen LogP contribution in [0, 0.1) is 11.3 Å². The molecule has 0 aromatic heterocycles. The lowest BCUT2D eigenvalue weighted by atomic mass is 9.77. The minimum absolute atomic E-state index is 0.0216. The molecule has 3 nitrogen and oxygen atoms in total. The largest absolute Gasteiger partial charge is 0.502 e. The number of rotatable bonds is 7. The minimum atomic E-state index is 0.0216. The molecule has 0 aliphatic rings. The number of carbonyl (C=O) groups is 1. The lowest BCUT2D eigenvalue weighted by Crippen LogP contribution is -2.37. The summed E-state index contributed by atoms with van der Waals surface area (Å²) in [5.74, 6) is 0.826. The van der Waals surface area contributed by atoms with Crippen molar-refractivity contribution in [2.75, 3.05) is 13.7 Å². The molecule has 0 saturated heterocycles. The Labute approximate surface area is 99.3 Å². The van der Waals surface area contributed by atoms with E-state index < -0.39 is 0 Å². The summed E-state index contributed by atoms with van der Waals surface area (Å²) in [6.07, 6.45) is 1.66. The molecule has 0 radical (unpaired) electrons. The molecular weight excluding hydrogens is 202 g/mol. The van der Waals surface area contributed by atoms with Gasteiger partial charge in [0.1, 0.15) is 0 Å². The van der Waals surface area contributed by atoms with E-state index in [2.05, 4.69) is 32.7 Å². The first-order chi connectivity index (χ1) is 7.35. The molecule has 0 fully saturated rings. The number of ether oxygens (including phenoxy) is 1. The molecule has 0 aliphatic carbocycles. The van der Waals surface area contributed by atoms with Crippen LogP contribution >= 0.6 is 0 Å². The third kappa shape index (κ3) is 4.69. The van der Waals surface area contributed by atoms with E-state index in [1.54, 1.807) is 7.11 Å². The van der Waals surface area contributed by atoms with Gasteiger partial charge in [-0.3, -0.25) is 4.79 Å². The minimum Gasteiger partial charge on any atom is -0.502 e. The Kier molecular flexibility index (Phi) is 6.16. The van der Waals surface area contributed by atoms with Crippen molar-refractivity contribution in [3.8, 4) is 0 Å². The van der Waals surface area contributed by atoms with Crippen LogP contribution in [0.5, 0.6) is 0 Å². The van der Waals surface area contributed by atoms with Gasteiger partial charge in [0.25, 0.3) is 0 Å². The van der Waals surface area contributed by atoms with Gasteiger partial charge in [0.15, 0.2) is 0 Å². The Morgan fingerprint density at radius 3 is 2.50 bits per heavy atom. The topological polar surface area (TPSA) is 38.3 Å². The van der Waals surface area contributed by atoms with Crippen molar-refractivity contribution >= 4 is 5.91 Å². The third-order valence-electron chi connectivity index (χ3n) is 3.47. The number of hydrogen-bond donors (Lipinski definition) is 1. The Balaban J connectivity index is 4.03. The van der Waals surface area contributed by atoms with E-state index in [9.17, 15) is 4.79 Å². The van der Waals surface area contributed by atoms with Crippen LogP contribution < -0.4 is 5.32 Å². The molecule has 0 saturated carbocycles. The van der Waals surface area contributed by atoms with Crippen LogP contribution in [-0.2, 0) is 9.53 Å². The molecule has 3 heteroatoms. The third-order valence-corrected chi connectivity index (χ3v) is 3.47. The second-order valence-corrected chi connectivity index (χ2v) is 4.85. The van der Waals surface area contributed by atoms with E-state index in [-0.39, 0.29) is 17.2 Å². The molecular formula is C13H25NO2. The zero-order valence-corrected chi connectivity index (χ0v) is 11.2. The average molecular weight is 227 g/mol. The van der Waals surface area contributed by atoms with Gasteiger partial charge in [0.2, 0.25) is 5.91 Å². The van der Waals surface area contributed by atoms with Crippen molar-refractivity contribution in [3.63, 3.8) is 0 Å². The first-order valence-corrected chi connectivity index (χ1v) is 5.84. The van der Waals surface area contributed by atoms with Crippen LogP contribution in [0.1, 0.15) is 40.5 Å². The van der Waals surface area contributed by atoms with Crippen molar-refractivity contribution < 1.29 is 9.53 Å². The van der Waals surface area contributed by atoms with Crippen LogP contribution in [0.25, 0.3) is 0 Å². The Morgan fingerprint density at radius 1 is 1.50 bits per heavy atom.